The van der Waals surface area contributed by atoms with Crippen LogP contribution < -0.4 is 10.5 Å². The Balaban J connectivity index is 1.95. The van der Waals surface area contributed by atoms with Crippen LogP contribution in [0.15, 0.2) is 24.3 Å². The summed E-state index contributed by atoms with van der Waals surface area (Å²) in [5.41, 5.74) is 6.70. The highest BCUT2D eigenvalue weighted by atomic mass is 16.5. The minimum Gasteiger partial charge on any atom is -0.492 e. The van der Waals surface area contributed by atoms with E-state index in [4.69, 9.17) is 10.5 Å². The van der Waals surface area contributed by atoms with Gasteiger partial charge in [-0.3, -0.25) is 4.79 Å². The van der Waals surface area contributed by atoms with Crippen LogP contribution in [-0.2, 0) is 0 Å². The van der Waals surface area contributed by atoms with Crippen LogP contribution in [0.25, 0.3) is 0 Å². The molecule has 0 spiro atoms. The molecule has 0 aromatic heterocycles. The minimum absolute atomic E-state index is 0.00218. The van der Waals surface area contributed by atoms with Crippen LogP contribution in [0.1, 0.15) is 43.5 Å². The Morgan fingerprint density at radius 2 is 2.05 bits per heavy atom. The number of nitrogens with zero attached hydrogens (tertiary/aromatic N) is 1. The fourth-order valence-corrected chi connectivity index (χ4v) is 2.24. The van der Waals surface area contributed by atoms with Gasteiger partial charge in [0.15, 0.2) is 0 Å². The number of rotatable bonds is 8. The normalized spacial score (nSPS) is 15.7. The average Bonchev–Trinajstić information content (AvgIpc) is 3.34. The summed E-state index contributed by atoms with van der Waals surface area (Å²) < 4.78 is 5.82. The summed E-state index contributed by atoms with van der Waals surface area (Å²) in [5.74, 6) is 1.80. The monoisotopic (exact) mass is 304 g/mol. The maximum Gasteiger partial charge on any atom is 0.257 e. The summed E-state index contributed by atoms with van der Waals surface area (Å²) in [5, 5.41) is 0. The van der Waals surface area contributed by atoms with Gasteiger partial charge in [0.25, 0.3) is 5.91 Å². The molecule has 1 atom stereocenters. The Kier molecular flexibility index (Phi) is 5.83. The molecule has 1 unspecified atom stereocenters. The highest BCUT2D eigenvalue weighted by Crippen LogP contribution is 2.30. The van der Waals surface area contributed by atoms with Gasteiger partial charge in [0, 0.05) is 19.6 Å². The van der Waals surface area contributed by atoms with Gasteiger partial charge < -0.3 is 15.4 Å². The van der Waals surface area contributed by atoms with Crippen molar-refractivity contribution in [1.29, 1.82) is 0 Å². The summed E-state index contributed by atoms with van der Waals surface area (Å²) >= 11 is 0. The molecule has 1 saturated carbocycles. The van der Waals surface area contributed by atoms with Gasteiger partial charge in [-0.15, -0.1) is 0 Å². The molecule has 2 N–H and O–H groups in total. The molecule has 2 rings (SSSR count). The summed E-state index contributed by atoms with van der Waals surface area (Å²) in [6, 6.07) is 7.63. The molecule has 0 saturated heterocycles. The first kappa shape index (κ1) is 16.8. The third-order valence-electron chi connectivity index (χ3n) is 4.29. The third kappa shape index (κ3) is 4.73. The van der Waals surface area contributed by atoms with Crippen LogP contribution in [0, 0.1) is 11.8 Å². The fraction of sp³-hybridized carbons (Fsp3) is 0.611. The van der Waals surface area contributed by atoms with Gasteiger partial charge in [0.05, 0.1) is 12.2 Å². The lowest BCUT2D eigenvalue weighted by atomic mass is 10.0. The van der Waals surface area contributed by atoms with Crippen LogP contribution in [0.3, 0.4) is 0 Å². The number of para-hydroxylation sites is 1. The molecule has 1 amide bonds. The zero-order valence-corrected chi connectivity index (χ0v) is 13.9. The number of amides is 1. The number of carbonyl (C=O) groups is 1. The first-order valence-corrected chi connectivity index (χ1v) is 8.22. The van der Waals surface area contributed by atoms with E-state index in [0.29, 0.717) is 36.3 Å². The molecular formula is C18H28N2O2. The van der Waals surface area contributed by atoms with Crippen molar-refractivity contribution in [2.45, 2.75) is 39.2 Å². The van der Waals surface area contributed by atoms with Crippen molar-refractivity contribution in [3.8, 4) is 5.75 Å². The van der Waals surface area contributed by atoms with Crippen LogP contribution in [0.5, 0.6) is 5.75 Å². The summed E-state index contributed by atoms with van der Waals surface area (Å²) in [7, 11) is 1.83. The van der Waals surface area contributed by atoms with E-state index in [1.54, 1.807) is 4.90 Å². The Bertz CT molecular complexity index is 498. The van der Waals surface area contributed by atoms with Gasteiger partial charge in [-0.05, 0) is 43.2 Å². The van der Waals surface area contributed by atoms with Crippen molar-refractivity contribution < 1.29 is 9.53 Å². The zero-order valence-electron chi connectivity index (χ0n) is 13.9. The van der Waals surface area contributed by atoms with Gasteiger partial charge in [-0.2, -0.15) is 0 Å². The molecule has 0 bridgehead atoms. The lowest BCUT2D eigenvalue weighted by molar-refractivity contribution is 0.0784. The Morgan fingerprint density at radius 3 is 2.68 bits per heavy atom. The smallest absolute Gasteiger partial charge is 0.257 e. The Labute approximate surface area is 133 Å². The van der Waals surface area contributed by atoms with Crippen molar-refractivity contribution in [1.82, 2.24) is 4.90 Å². The predicted molar refractivity (Wildman–Crippen MR) is 89.1 cm³/mol. The SMILES string of the molecule is CC(C)C(N)CCN(C)C(=O)c1ccccc1OCC1CC1. The molecule has 22 heavy (non-hydrogen) atoms. The summed E-state index contributed by atoms with van der Waals surface area (Å²) in [4.78, 5) is 14.4. The summed E-state index contributed by atoms with van der Waals surface area (Å²) in [6.45, 7) is 5.59. The first-order valence-electron chi connectivity index (χ1n) is 8.22. The van der Waals surface area contributed by atoms with Gasteiger partial charge in [0.2, 0.25) is 0 Å². The Morgan fingerprint density at radius 1 is 1.36 bits per heavy atom. The third-order valence-corrected chi connectivity index (χ3v) is 4.29. The first-order chi connectivity index (χ1) is 10.5. The molecule has 0 aliphatic heterocycles. The quantitative estimate of drug-likeness (QED) is 0.803. The molecule has 1 aliphatic rings. The molecule has 4 heteroatoms. The van der Waals surface area contributed by atoms with E-state index in [-0.39, 0.29) is 11.9 Å². The van der Waals surface area contributed by atoms with E-state index < -0.39 is 0 Å². The van der Waals surface area contributed by atoms with E-state index >= 15 is 0 Å². The van der Waals surface area contributed by atoms with Crippen molar-refractivity contribution in [3.63, 3.8) is 0 Å². The number of carbonyl (C=O) groups excluding carboxylic acids is 1. The van der Waals surface area contributed by atoms with Gasteiger partial charge in [0.1, 0.15) is 5.75 Å². The molecular weight excluding hydrogens is 276 g/mol. The van der Waals surface area contributed by atoms with Crippen LogP contribution in [0.4, 0.5) is 0 Å². The van der Waals surface area contributed by atoms with Crippen LogP contribution in [-0.4, -0.2) is 37.0 Å². The molecule has 0 heterocycles. The molecule has 1 aromatic carbocycles. The fourth-order valence-electron chi connectivity index (χ4n) is 2.24. The molecule has 0 radical (unpaired) electrons. The predicted octanol–water partition coefficient (Wildman–Crippen LogP) is 2.92. The maximum atomic E-state index is 12.6. The molecule has 1 fully saturated rings. The summed E-state index contributed by atoms with van der Waals surface area (Å²) in [6.07, 6.45) is 3.29. The van der Waals surface area contributed by atoms with Crippen molar-refractivity contribution >= 4 is 5.91 Å². The number of nitrogens with two attached hydrogens (primary N) is 1. The second-order valence-corrected chi connectivity index (χ2v) is 6.67. The van der Waals surface area contributed by atoms with E-state index in [2.05, 4.69) is 13.8 Å². The van der Waals surface area contributed by atoms with Gasteiger partial charge >= 0.3 is 0 Å². The van der Waals surface area contributed by atoms with Crippen LogP contribution in [0.2, 0.25) is 0 Å². The largest absolute Gasteiger partial charge is 0.492 e. The number of hydrogen-bond donors (Lipinski definition) is 1. The van der Waals surface area contributed by atoms with Crippen molar-refractivity contribution in [3.05, 3.63) is 29.8 Å². The lowest BCUT2D eigenvalue weighted by Crippen LogP contribution is -2.34. The molecule has 1 aromatic rings. The van der Waals surface area contributed by atoms with E-state index in [1.807, 2.05) is 31.3 Å². The maximum absolute atomic E-state index is 12.6. The minimum atomic E-state index is 0.00218. The number of benzene rings is 1. The highest BCUT2D eigenvalue weighted by molar-refractivity contribution is 5.96. The second kappa shape index (κ2) is 7.63. The Hall–Kier alpha value is -1.55. The van der Waals surface area contributed by atoms with Crippen molar-refractivity contribution in [2.75, 3.05) is 20.2 Å². The standard InChI is InChI=1S/C18H28N2O2/c1-13(2)16(19)10-11-20(3)18(21)15-6-4-5-7-17(15)22-12-14-8-9-14/h4-7,13-14,16H,8-12,19H2,1-3H3. The molecule has 4 nitrogen and oxygen atoms in total. The van der Waals surface area contributed by atoms with E-state index in [0.717, 1.165) is 6.42 Å². The highest BCUT2D eigenvalue weighted by Gasteiger charge is 2.23. The molecule has 1 aliphatic carbocycles. The second-order valence-electron chi connectivity index (χ2n) is 6.67. The van der Waals surface area contributed by atoms with E-state index in [1.165, 1.54) is 12.8 Å². The topological polar surface area (TPSA) is 55.6 Å². The lowest BCUT2D eigenvalue weighted by Gasteiger charge is -2.22. The number of hydrogen-bond acceptors (Lipinski definition) is 3. The average molecular weight is 304 g/mol. The molecule has 122 valence electrons. The van der Waals surface area contributed by atoms with Crippen molar-refractivity contribution in [2.24, 2.45) is 17.6 Å². The number of ether oxygens (including phenoxy) is 1. The van der Waals surface area contributed by atoms with Gasteiger partial charge in [-0.1, -0.05) is 26.0 Å². The van der Waals surface area contributed by atoms with E-state index in [9.17, 15) is 4.79 Å². The van der Waals surface area contributed by atoms with Crippen LogP contribution >= 0.6 is 0 Å². The van der Waals surface area contributed by atoms with Gasteiger partial charge in [-0.25, -0.2) is 0 Å². The zero-order chi connectivity index (χ0) is 16.1.